The van der Waals surface area contributed by atoms with Crippen LogP contribution >= 0.6 is 43.5 Å². The van der Waals surface area contributed by atoms with Crippen molar-refractivity contribution in [1.82, 2.24) is 0 Å². The summed E-state index contributed by atoms with van der Waals surface area (Å²) < 4.78 is 14.4. The summed E-state index contributed by atoms with van der Waals surface area (Å²) in [6, 6.07) is 10.6. The van der Waals surface area contributed by atoms with Gasteiger partial charge in [-0.3, -0.25) is 0 Å². The van der Waals surface area contributed by atoms with Crippen molar-refractivity contribution in [2.45, 2.75) is 6.54 Å². The van der Waals surface area contributed by atoms with Crippen molar-refractivity contribution in [1.29, 1.82) is 0 Å². The molecule has 5 heteroatoms. The molecule has 0 spiro atoms. The van der Waals surface area contributed by atoms with Crippen molar-refractivity contribution in [2.24, 2.45) is 0 Å². The fraction of sp³-hybridized carbons (Fsp3) is 0.0769. The molecule has 2 aromatic rings. The number of hydrogen-bond acceptors (Lipinski definition) is 1. The summed E-state index contributed by atoms with van der Waals surface area (Å²) in [4.78, 5) is 0. The molecule has 94 valence electrons. The Labute approximate surface area is 127 Å². The highest BCUT2D eigenvalue weighted by molar-refractivity contribution is 9.10. The number of hydrogen-bond donors (Lipinski definition) is 1. The van der Waals surface area contributed by atoms with Crippen LogP contribution in [0.1, 0.15) is 5.56 Å². The highest BCUT2D eigenvalue weighted by Crippen LogP contribution is 2.26. The number of rotatable bonds is 3. The molecule has 0 saturated carbocycles. The molecular formula is C13H9Br2ClFN. The van der Waals surface area contributed by atoms with Crippen LogP contribution < -0.4 is 5.32 Å². The van der Waals surface area contributed by atoms with Crippen molar-refractivity contribution in [3.8, 4) is 0 Å². The SMILES string of the molecule is Fc1ccc(CNc2ccc(Cl)c(Br)c2)cc1Br. The van der Waals surface area contributed by atoms with E-state index in [4.69, 9.17) is 11.6 Å². The van der Waals surface area contributed by atoms with E-state index in [9.17, 15) is 4.39 Å². The van der Waals surface area contributed by atoms with Crippen molar-refractivity contribution >= 4 is 49.1 Å². The summed E-state index contributed by atoms with van der Waals surface area (Å²) in [7, 11) is 0. The van der Waals surface area contributed by atoms with Crippen LogP contribution in [0.2, 0.25) is 5.02 Å². The van der Waals surface area contributed by atoms with Gasteiger partial charge in [-0.1, -0.05) is 17.7 Å². The van der Waals surface area contributed by atoms with Gasteiger partial charge in [0.05, 0.1) is 9.50 Å². The second-order valence-electron chi connectivity index (χ2n) is 3.73. The Morgan fingerprint density at radius 1 is 1.06 bits per heavy atom. The maximum absolute atomic E-state index is 13.1. The first-order chi connectivity index (χ1) is 8.56. The molecule has 1 nitrogen and oxygen atoms in total. The second kappa shape index (κ2) is 6.04. The lowest BCUT2D eigenvalue weighted by Gasteiger charge is -2.08. The van der Waals surface area contributed by atoms with Crippen LogP contribution in [-0.4, -0.2) is 0 Å². The van der Waals surface area contributed by atoms with Crippen LogP contribution in [0.15, 0.2) is 45.3 Å². The molecule has 0 aromatic heterocycles. The van der Waals surface area contributed by atoms with Gasteiger partial charge in [0.1, 0.15) is 5.82 Å². The zero-order chi connectivity index (χ0) is 13.1. The minimum atomic E-state index is -0.256. The van der Waals surface area contributed by atoms with Crippen molar-refractivity contribution in [3.05, 3.63) is 61.7 Å². The molecule has 0 bridgehead atoms. The van der Waals surface area contributed by atoms with Crippen molar-refractivity contribution in [3.63, 3.8) is 0 Å². The summed E-state index contributed by atoms with van der Waals surface area (Å²) in [6.07, 6.45) is 0. The van der Waals surface area contributed by atoms with Gasteiger partial charge in [-0.15, -0.1) is 0 Å². The van der Waals surface area contributed by atoms with Gasteiger partial charge >= 0.3 is 0 Å². The van der Waals surface area contributed by atoms with E-state index in [-0.39, 0.29) is 5.82 Å². The lowest BCUT2D eigenvalue weighted by atomic mass is 10.2. The Kier molecular flexibility index (Phi) is 4.65. The van der Waals surface area contributed by atoms with Crippen LogP contribution in [0.5, 0.6) is 0 Å². The van der Waals surface area contributed by atoms with Gasteiger partial charge in [-0.2, -0.15) is 0 Å². The Morgan fingerprint density at radius 3 is 2.50 bits per heavy atom. The number of anilines is 1. The minimum Gasteiger partial charge on any atom is -0.381 e. The van der Waals surface area contributed by atoms with Gasteiger partial charge in [0.15, 0.2) is 0 Å². The van der Waals surface area contributed by atoms with Crippen LogP contribution in [0.4, 0.5) is 10.1 Å². The molecule has 0 radical (unpaired) electrons. The van der Waals surface area contributed by atoms with E-state index in [0.717, 1.165) is 15.7 Å². The van der Waals surface area contributed by atoms with Crippen molar-refractivity contribution < 1.29 is 4.39 Å². The summed E-state index contributed by atoms with van der Waals surface area (Å²) in [5.41, 5.74) is 1.95. The molecule has 2 aromatic carbocycles. The number of benzene rings is 2. The van der Waals surface area contributed by atoms with Crippen LogP contribution in [-0.2, 0) is 6.54 Å². The zero-order valence-corrected chi connectivity index (χ0v) is 13.1. The van der Waals surface area contributed by atoms with Crippen LogP contribution in [0.3, 0.4) is 0 Å². The van der Waals surface area contributed by atoms with Crippen LogP contribution in [0, 0.1) is 5.82 Å². The van der Waals surface area contributed by atoms with Gasteiger partial charge < -0.3 is 5.32 Å². The third kappa shape index (κ3) is 3.46. The maximum atomic E-state index is 13.1. The normalized spacial score (nSPS) is 10.4. The summed E-state index contributed by atoms with van der Waals surface area (Å²) >= 11 is 12.4. The summed E-state index contributed by atoms with van der Waals surface area (Å²) in [5.74, 6) is -0.256. The molecule has 0 atom stereocenters. The van der Waals surface area contributed by atoms with Gasteiger partial charge in [0.25, 0.3) is 0 Å². The smallest absolute Gasteiger partial charge is 0.137 e. The largest absolute Gasteiger partial charge is 0.381 e. The predicted octanol–water partition coefficient (Wildman–Crippen LogP) is 5.62. The molecule has 18 heavy (non-hydrogen) atoms. The molecular weight excluding hydrogens is 384 g/mol. The molecule has 0 aliphatic heterocycles. The lowest BCUT2D eigenvalue weighted by Crippen LogP contribution is -1.99. The third-order valence-electron chi connectivity index (χ3n) is 2.40. The first-order valence-corrected chi connectivity index (χ1v) is 7.15. The van der Waals surface area contributed by atoms with Gasteiger partial charge in [-0.05, 0) is 67.8 Å². The monoisotopic (exact) mass is 391 g/mol. The Hall–Kier alpha value is -0.580. The Morgan fingerprint density at radius 2 is 1.83 bits per heavy atom. The topological polar surface area (TPSA) is 12.0 Å². The van der Waals surface area contributed by atoms with E-state index in [1.165, 1.54) is 6.07 Å². The zero-order valence-electron chi connectivity index (χ0n) is 9.18. The second-order valence-corrected chi connectivity index (χ2v) is 5.85. The van der Waals surface area contributed by atoms with Gasteiger partial charge in [0.2, 0.25) is 0 Å². The Balaban J connectivity index is 2.06. The number of halogens is 4. The highest BCUT2D eigenvalue weighted by Gasteiger charge is 2.02. The fourth-order valence-corrected chi connectivity index (χ4v) is 2.38. The molecule has 0 aliphatic carbocycles. The average molecular weight is 393 g/mol. The maximum Gasteiger partial charge on any atom is 0.137 e. The third-order valence-corrected chi connectivity index (χ3v) is 4.22. The Bertz CT molecular complexity index is 523. The summed E-state index contributed by atoms with van der Waals surface area (Å²) in [6.45, 7) is 0.618. The molecule has 0 aliphatic rings. The quantitative estimate of drug-likeness (QED) is 0.714. The first kappa shape index (κ1) is 13.8. The van der Waals surface area contributed by atoms with Gasteiger partial charge in [-0.25, -0.2) is 4.39 Å². The summed E-state index contributed by atoms with van der Waals surface area (Å²) in [5, 5.41) is 3.92. The highest BCUT2D eigenvalue weighted by atomic mass is 79.9. The lowest BCUT2D eigenvalue weighted by molar-refractivity contribution is 0.620. The van der Waals surface area contributed by atoms with E-state index in [1.807, 2.05) is 18.2 Å². The van der Waals surface area contributed by atoms with E-state index in [1.54, 1.807) is 12.1 Å². The average Bonchev–Trinajstić information content (AvgIpc) is 2.35. The molecule has 0 unspecified atom stereocenters. The predicted molar refractivity (Wildman–Crippen MR) is 80.6 cm³/mol. The molecule has 0 amide bonds. The van der Waals surface area contributed by atoms with Crippen molar-refractivity contribution in [2.75, 3.05) is 5.32 Å². The molecule has 0 fully saturated rings. The fourth-order valence-electron chi connectivity index (χ4n) is 1.46. The van der Waals surface area contributed by atoms with E-state index < -0.39 is 0 Å². The van der Waals surface area contributed by atoms with E-state index in [2.05, 4.69) is 37.2 Å². The molecule has 2 rings (SSSR count). The van der Waals surface area contributed by atoms with Crippen LogP contribution in [0.25, 0.3) is 0 Å². The molecule has 0 saturated heterocycles. The van der Waals surface area contributed by atoms with E-state index >= 15 is 0 Å². The first-order valence-electron chi connectivity index (χ1n) is 5.19. The molecule has 0 heterocycles. The van der Waals surface area contributed by atoms with E-state index in [0.29, 0.717) is 16.0 Å². The van der Waals surface area contributed by atoms with Gasteiger partial charge in [0, 0.05) is 16.7 Å². The standard InChI is InChI=1S/C13H9Br2ClFN/c14-10-6-9(2-3-12(10)16)18-7-8-1-4-13(17)11(15)5-8/h1-6,18H,7H2. The minimum absolute atomic E-state index is 0.256. The molecule has 1 N–H and O–H groups in total. The number of nitrogens with one attached hydrogen (secondary N) is 1.